The number of nitrogens with zero attached hydrogens (tertiary/aromatic N) is 7. The van der Waals surface area contributed by atoms with Gasteiger partial charge in [-0.25, -0.2) is 19.4 Å². The minimum atomic E-state index is -0.666. The Morgan fingerprint density at radius 3 is 2.66 bits per heavy atom. The van der Waals surface area contributed by atoms with E-state index in [1.807, 2.05) is 55.9 Å². The average molecular weight is 518 g/mol. The fraction of sp³-hybridized carbons (Fsp3) is 0.385. The molecule has 38 heavy (non-hydrogen) atoms. The van der Waals surface area contributed by atoms with E-state index in [2.05, 4.69) is 30.6 Å². The zero-order valence-electron chi connectivity index (χ0n) is 21.8. The van der Waals surface area contributed by atoms with Crippen molar-refractivity contribution in [3.63, 3.8) is 0 Å². The van der Waals surface area contributed by atoms with E-state index in [4.69, 9.17) is 4.74 Å². The highest BCUT2D eigenvalue weighted by Gasteiger charge is 2.37. The number of ether oxygens (including phenoxy) is 1. The van der Waals surface area contributed by atoms with Crippen LogP contribution >= 0.6 is 0 Å². The number of aromatic amines is 1. The number of methoxy groups -OCH3 is 1. The minimum Gasteiger partial charge on any atom is -0.453 e. The van der Waals surface area contributed by atoms with Gasteiger partial charge in [-0.05, 0) is 36.5 Å². The second-order valence-electron chi connectivity index (χ2n) is 9.71. The number of carbonyl (C=O) groups excluding carboxylic acids is 2. The molecule has 1 aromatic carbocycles. The van der Waals surface area contributed by atoms with Gasteiger partial charge in [0.1, 0.15) is 17.6 Å². The molecule has 1 saturated heterocycles. The van der Waals surface area contributed by atoms with Crippen LogP contribution in [0.1, 0.15) is 38.6 Å². The lowest BCUT2D eigenvalue weighted by Gasteiger charge is -2.30. The zero-order chi connectivity index (χ0) is 26.8. The van der Waals surface area contributed by atoms with Gasteiger partial charge in [0.15, 0.2) is 0 Å². The van der Waals surface area contributed by atoms with Gasteiger partial charge >= 0.3 is 6.09 Å². The molecule has 1 aliphatic heterocycles. The van der Waals surface area contributed by atoms with Crippen LogP contribution < -0.4 is 5.32 Å². The van der Waals surface area contributed by atoms with E-state index < -0.39 is 12.1 Å². The molecule has 4 heterocycles. The molecule has 2 atom stereocenters. The second-order valence-corrected chi connectivity index (χ2v) is 9.71. The Morgan fingerprint density at radius 1 is 1.18 bits per heavy atom. The summed E-state index contributed by atoms with van der Waals surface area (Å²) < 4.78 is 8.33. The largest absolute Gasteiger partial charge is 0.453 e. The molecular weight excluding hydrogens is 486 g/mol. The molecule has 0 saturated carbocycles. The van der Waals surface area contributed by atoms with Crippen molar-refractivity contribution in [1.82, 2.24) is 44.7 Å². The lowest BCUT2D eigenvalue weighted by atomic mass is 10.0. The fourth-order valence-electron chi connectivity index (χ4n) is 4.75. The van der Waals surface area contributed by atoms with Crippen molar-refractivity contribution in [2.75, 3.05) is 13.7 Å². The second kappa shape index (κ2) is 10.5. The lowest BCUT2D eigenvalue weighted by Crippen LogP contribution is -2.51. The first kappa shape index (κ1) is 25.2. The Balaban J connectivity index is 1.31. The van der Waals surface area contributed by atoms with Crippen molar-refractivity contribution < 1.29 is 14.3 Å². The van der Waals surface area contributed by atoms with E-state index in [0.29, 0.717) is 6.54 Å². The van der Waals surface area contributed by atoms with Crippen LogP contribution in [0.2, 0.25) is 0 Å². The molecule has 1 fully saturated rings. The Labute approximate surface area is 220 Å². The topological polar surface area (TPSA) is 136 Å². The lowest BCUT2D eigenvalue weighted by molar-refractivity contribution is -0.135. The van der Waals surface area contributed by atoms with Crippen LogP contribution in [0.4, 0.5) is 4.79 Å². The van der Waals surface area contributed by atoms with Crippen molar-refractivity contribution in [3.05, 3.63) is 55.0 Å². The molecule has 0 aliphatic carbocycles. The standard InChI is InChI=1S/C26H31N9O3/c1-16(2)23(30-26(37)38-4)25(36)34-11-5-6-21(34)24-28-12-19(29-24)17-7-9-18(10-8-17)35-14-20(31-32-35)22-13-27-15-33(22)3/h7-10,12-16,21,23H,5-6,11H2,1-4H3,(H,28,29)(H,30,37). The monoisotopic (exact) mass is 517 g/mol. The number of hydrogen-bond donors (Lipinski definition) is 2. The molecule has 2 N–H and O–H groups in total. The summed E-state index contributed by atoms with van der Waals surface area (Å²) in [5.41, 5.74) is 4.32. The first-order chi connectivity index (χ1) is 18.4. The molecule has 2 amide bonds. The maximum atomic E-state index is 13.4. The number of amides is 2. The number of H-pyrrole nitrogens is 1. The quantitative estimate of drug-likeness (QED) is 0.384. The number of carbonyl (C=O) groups is 2. The molecule has 1 aliphatic rings. The third-order valence-electron chi connectivity index (χ3n) is 6.85. The van der Waals surface area contributed by atoms with Gasteiger partial charge in [0.25, 0.3) is 0 Å². The van der Waals surface area contributed by atoms with Gasteiger partial charge in [-0.3, -0.25) is 4.79 Å². The Bertz CT molecular complexity index is 1420. The molecular formula is C26H31N9O3. The minimum absolute atomic E-state index is 0.0845. The van der Waals surface area contributed by atoms with Crippen molar-refractivity contribution in [2.24, 2.45) is 13.0 Å². The van der Waals surface area contributed by atoms with Gasteiger partial charge in [-0.2, -0.15) is 0 Å². The van der Waals surface area contributed by atoms with E-state index >= 15 is 0 Å². The van der Waals surface area contributed by atoms with Crippen LogP contribution in [0, 0.1) is 5.92 Å². The zero-order valence-corrected chi connectivity index (χ0v) is 21.8. The highest BCUT2D eigenvalue weighted by Crippen LogP contribution is 2.33. The van der Waals surface area contributed by atoms with Crippen molar-refractivity contribution >= 4 is 12.0 Å². The number of benzene rings is 1. The van der Waals surface area contributed by atoms with E-state index in [0.717, 1.165) is 47.0 Å². The van der Waals surface area contributed by atoms with E-state index in [9.17, 15) is 9.59 Å². The average Bonchev–Trinajstić information content (AvgIpc) is 3.72. The molecule has 4 aromatic rings. The molecule has 3 aromatic heterocycles. The molecule has 198 valence electrons. The SMILES string of the molecule is COC(=O)NC(C(=O)N1CCCC1c1ncc(-c2ccc(-n3cc(-c4cncn4C)nn3)cc2)[nH]1)C(C)C. The normalized spacial score (nSPS) is 16.1. The molecule has 2 unspecified atom stereocenters. The van der Waals surface area contributed by atoms with Crippen LogP contribution in [0.3, 0.4) is 0 Å². The highest BCUT2D eigenvalue weighted by molar-refractivity contribution is 5.86. The summed E-state index contributed by atoms with van der Waals surface area (Å²) in [6.45, 7) is 4.41. The summed E-state index contributed by atoms with van der Waals surface area (Å²) in [6.07, 6.45) is 8.18. The van der Waals surface area contributed by atoms with Crippen LogP contribution in [0.25, 0.3) is 28.3 Å². The van der Waals surface area contributed by atoms with Crippen LogP contribution in [0.15, 0.2) is 49.2 Å². The maximum absolute atomic E-state index is 13.4. The summed E-state index contributed by atoms with van der Waals surface area (Å²) >= 11 is 0. The maximum Gasteiger partial charge on any atom is 0.407 e. The molecule has 0 spiro atoms. The molecule has 0 bridgehead atoms. The summed E-state index contributed by atoms with van der Waals surface area (Å²) in [7, 11) is 3.20. The third-order valence-corrected chi connectivity index (χ3v) is 6.85. The van der Waals surface area contributed by atoms with Gasteiger partial charge in [-0.15, -0.1) is 5.10 Å². The van der Waals surface area contributed by atoms with E-state index in [1.54, 1.807) is 28.3 Å². The summed E-state index contributed by atoms with van der Waals surface area (Å²) in [5, 5.41) is 11.2. The van der Waals surface area contributed by atoms with Gasteiger partial charge in [0.2, 0.25) is 5.91 Å². The van der Waals surface area contributed by atoms with Gasteiger partial charge < -0.3 is 24.5 Å². The van der Waals surface area contributed by atoms with Crippen molar-refractivity contribution in [1.29, 1.82) is 0 Å². The molecule has 0 radical (unpaired) electrons. The molecule has 5 rings (SSSR count). The summed E-state index contributed by atoms with van der Waals surface area (Å²) in [6, 6.07) is 7.07. The number of alkyl carbamates (subject to hydrolysis) is 1. The number of nitrogens with one attached hydrogen (secondary N) is 2. The number of imidazole rings is 2. The molecule has 12 nitrogen and oxygen atoms in total. The first-order valence-corrected chi connectivity index (χ1v) is 12.6. The smallest absolute Gasteiger partial charge is 0.407 e. The van der Waals surface area contributed by atoms with E-state index in [1.165, 1.54) is 7.11 Å². The number of hydrogen-bond acceptors (Lipinski definition) is 7. The van der Waals surface area contributed by atoms with Crippen LogP contribution in [0.5, 0.6) is 0 Å². The van der Waals surface area contributed by atoms with Crippen molar-refractivity contribution in [3.8, 4) is 28.3 Å². The highest BCUT2D eigenvalue weighted by atomic mass is 16.5. The number of aryl methyl sites for hydroxylation is 1. The Morgan fingerprint density at radius 2 is 1.97 bits per heavy atom. The predicted octanol–water partition coefficient (Wildman–Crippen LogP) is 3.10. The number of likely N-dealkylation sites (tertiary alicyclic amines) is 1. The van der Waals surface area contributed by atoms with Gasteiger partial charge in [0.05, 0.1) is 55.1 Å². The van der Waals surface area contributed by atoms with Crippen LogP contribution in [-0.2, 0) is 16.6 Å². The fourth-order valence-corrected chi connectivity index (χ4v) is 4.75. The van der Waals surface area contributed by atoms with Crippen LogP contribution in [-0.4, -0.2) is 71.1 Å². The summed E-state index contributed by atoms with van der Waals surface area (Å²) in [4.78, 5) is 39.1. The first-order valence-electron chi connectivity index (χ1n) is 12.6. The summed E-state index contributed by atoms with van der Waals surface area (Å²) in [5.74, 6) is 0.514. The van der Waals surface area contributed by atoms with E-state index in [-0.39, 0.29) is 17.9 Å². The van der Waals surface area contributed by atoms with Gasteiger partial charge in [-0.1, -0.05) is 31.2 Å². The number of aromatic nitrogens is 7. The predicted molar refractivity (Wildman–Crippen MR) is 139 cm³/mol. The van der Waals surface area contributed by atoms with Gasteiger partial charge in [0, 0.05) is 13.6 Å². The third kappa shape index (κ3) is 4.89. The Hall–Kier alpha value is -4.48. The molecule has 12 heteroatoms. The number of rotatable bonds is 7. The Kier molecular flexibility index (Phi) is 6.95. The van der Waals surface area contributed by atoms with Crippen molar-refractivity contribution in [2.45, 2.75) is 38.8 Å².